The Balaban J connectivity index is 3.04. The number of hydrogen-bond acceptors (Lipinski definition) is 0. The van der Waals surface area contributed by atoms with Crippen molar-refractivity contribution in [1.82, 2.24) is 4.98 Å². The maximum atomic E-state index is 5.35. The van der Waals surface area contributed by atoms with E-state index in [2.05, 4.69) is 4.98 Å². The second-order valence-electron chi connectivity index (χ2n) is 1.62. The summed E-state index contributed by atoms with van der Waals surface area (Å²) in [6.45, 7) is 1.97. The van der Waals surface area contributed by atoms with E-state index in [1.165, 1.54) is 0 Å². The lowest BCUT2D eigenvalue weighted by Gasteiger charge is -1.71. The van der Waals surface area contributed by atoms with Crippen LogP contribution in [-0.2, 0) is 0 Å². The van der Waals surface area contributed by atoms with Crippen LogP contribution in [0.25, 0.3) is 0 Å². The van der Waals surface area contributed by atoms with E-state index in [-0.39, 0.29) is 0 Å². The molecule has 1 aromatic rings. The summed E-state index contributed by atoms with van der Waals surface area (Å²) in [5.41, 5.74) is 1.91. The SMILES string of the molecule is [B]c1c[nH]c(C)c1. The molecule has 1 aromatic heterocycles. The molecule has 1 rings (SSSR count). The first kappa shape index (κ1) is 4.50. The topological polar surface area (TPSA) is 15.8 Å². The zero-order valence-corrected chi connectivity index (χ0v) is 4.23. The van der Waals surface area contributed by atoms with Crippen LogP contribution < -0.4 is 5.46 Å². The predicted molar refractivity (Wildman–Crippen MR) is 30.9 cm³/mol. The van der Waals surface area contributed by atoms with Gasteiger partial charge < -0.3 is 4.98 Å². The molecule has 2 radical (unpaired) electrons. The molecule has 0 aromatic carbocycles. The van der Waals surface area contributed by atoms with Crippen molar-refractivity contribution in [3.05, 3.63) is 18.0 Å². The van der Waals surface area contributed by atoms with Gasteiger partial charge in [-0.3, -0.25) is 0 Å². The smallest absolute Gasteiger partial charge is 0.115 e. The Kier molecular flexibility index (Phi) is 0.932. The van der Waals surface area contributed by atoms with Gasteiger partial charge in [0.1, 0.15) is 7.85 Å². The summed E-state index contributed by atoms with van der Waals surface area (Å²) >= 11 is 0. The fraction of sp³-hybridized carbons (Fsp3) is 0.200. The van der Waals surface area contributed by atoms with Gasteiger partial charge in [0.05, 0.1) is 0 Å². The molecule has 34 valence electrons. The molecule has 0 aliphatic rings. The Hall–Kier alpha value is -0.655. The van der Waals surface area contributed by atoms with Gasteiger partial charge in [0, 0.05) is 5.69 Å². The molecule has 1 nitrogen and oxygen atoms in total. The van der Waals surface area contributed by atoms with Gasteiger partial charge in [-0.25, -0.2) is 0 Å². The summed E-state index contributed by atoms with van der Waals surface area (Å²) in [6, 6.07) is 1.89. The zero-order valence-electron chi connectivity index (χ0n) is 4.23. The molecule has 0 atom stereocenters. The molecule has 7 heavy (non-hydrogen) atoms. The van der Waals surface area contributed by atoms with E-state index in [1.54, 1.807) is 6.20 Å². The lowest BCUT2D eigenvalue weighted by Crippen LogP contribution is -1.93. The number of nitrogens with one attached hydrogen (secondary N) is 1. The Bertz CT molecular complexity index is 140. The first-order valence-electron chi connectivity index (χ1n) is 2.19. The standard InChI is InChI=1S/C5H6BN/c1-4-2-5(6)3-7-4/h2-3,7H,1H3. The van der Waals surface area contributed by atoms with Gasteiger partial charge in [-0.05, 0) is 19.2 Å². The van der Waals surface area contributed by atoms with Crippen LogP contribution in [0.3, 0.4) is 0 Å². The predicted octanol–water partition coefficient (Wildman–Crippen LogP) is 0.117. The Morgan fingerprint density at radius 1 is 1.71 bits per heavy atom. The average Bonchev–Trinajstić information content (AvgIpc) is 1.87. The number of aromatic amines is 1. The number of rotatable bonds is 0. The maximum Gasteiger partial charge on any atom is 0.115 e. The van der Waals surface area contributed by atoms with E-state index in [4.69, 9.17) is 7.85 Å². The van der Waals surface area contributed by atoms with Crippen LogP contribution in [-0.4, -0.2) is 12.8 Å². The fourth-order valence-electron chi connectivity index (χ4n) is 0.531. The van der Waals surface area contributed by atoms with Gasteiger partial charge in [-0.1, -0.05) is 5.46 Å². The van der Waals surface area contributed by atoms with E-state index in [1.807, 2.05) is 13.0 Å². The van der Waals surface area contributed by atoms with Crippen molar-refractivity contribution in [2.24, 2.45) is 0 Å². The number of aromatic nitrogens is 1. The molecule has 2 heteroatoms. The summed E-state index contributed by atoms with van der Waals surface area (Å²) in [5.74, 6) is 0. The van der Waals surface area contributed by atoms with E-state index in [0.29, 0.717) is 0 Å². The monoisotopic (exact) mass is 91.1 g/mol. The van der Waals surface area contributed by atoms with E-state index in [9.17, 15) is 0 Å². The van der Waals surface area contributed by atoms with Crippen molar-refractivity contribution in [2.45, 2.75) is 6.92 Å². The lowest BCUT2D eigenvalue weighted by atomic mass is 10.0. The van der Waals surface area contributed by atoms with Gasteiger partial charge in [-0.15, -0.1) is 0 Å². The average molecular weight is 90.9 g/mol. The molecule has 0 bridgehead atoms. The molecule has 0 saturated carbocycles. The summed E-state index contributed by atoms with van der Waals surface area (Å²) in [5, 5.41) is 0. The molecule has 0 aliphatic heterocycles. The van der Waals surface area contributed by atoms with E-state index < -0.39 is 0 Å². The maximum absolute atomic E-state index is 5.35. The van der Waals surface area contributed by atoms with Crippen molar-refractivity contribution in [2.75, 3.05) is 0 Å². The second kappa shape index (κ2) is 1.45. The van der Waals surface area contributed by atoms with Gasteiger partial charge >= 0.3 is 0 Å². The van der Waals surface area contributed by atoms with E-state index >= 15 is 0 Å². The third kappa shape index (κ3) is 0.859. The molecule has 0 unspecified atom stereocenters. The lowest BCUT2D eigenvalue weighted by molar-refractivity contribution is 1.27. The minimum absolute atomic E-state index is 0.803. The summed E-state index contributed by atoms with van der Waals surface area (Å²) in [6.07, 6.45) is 1.77. The highest BCUT2D eigenvalue weighted by Crippen LogP contribution is 1.83. The van der Waals surface area contributed by atoms with Crippen LogP contribution in [0.1, 0.15) is 5.69 Å². The van der Waals surface area contributed by atoms with Crippen molar-refractivity contribution < 1.29 is 0 Å². The molecule has 1 N–H and O–H groups in total. The van der Waals surface area contributed by atoms with Crippen molar-refractivity contribution in [3.8, 4) is 0 Å². The minimum atomic E-state index is 0.803. The molecule has 0 spiro atoms. The van der Waals surface area contributed by atoms with Gasteiger partial charge in [-0.2, -0.15) is 0 Å². The highest BCUT2D eigenvalue weighted by atomic mass is 14.7. The molecule has 0 fully saturated rings. The summed E-state index contributed by atoms with van der Waals surface area (Å²) in [4.78, 5) is 2.94. The molecular weight excluding hydrogens is 84.9 g/mol. The van der Waals surface area contributed by atoms with Gasteiger partial charge in [0.2, 0.25) is 0 Å². The van der Waals surface area contributed by atoms with Crippen molar-refractivity contribution in [3.63, 3.8) is 0 Å². The Morgan fingerprint density at radius 2 is 2.43 bits per heavy atom. The Morgan fingerprint density at radius 3 is 2.57 bits per heavy atom. The first-order chi connectivity index (χ1) is 3.29. The van der Waals surface area contributed by atoms with Crippen LogP contribution in [0, 0.1) is 6.92 Å². The fourth-order valence-corrected chi connectivity index (χ4v) is 0.531. The zero-order chi connectivity index (χ0) is 5.28. The molecule has 0 amide bonds. The third-order valence-corrected chi connectivity index (χ3v) is 0.850. The highest BCUT2D eigenvalue weighted by molar-refractivity contribution is 6.32. The second-order valence-corrected chi connectivity index (χ2v) is 1.62. The number of hydrogen-bond donors (Lipinski definition) is 1. The van der Waals surface area contributed by atoms with Crippen LogP contribution >= 0.6 is 0 Å². The largest absolute Gasteiger partial charge is 0.366 e. The highest BCUT2D eigenvalue weighted by Gasteiger charge is 1.82. The van der Waals surface area contributed by atoms with Gasteiger partial charge in [0.15, 0.2) is 0 Å². The first-order valence-corrected chi connectivity index (χ1v) is 2.19. The molecular formula is C5H6BN. The van der Waals surface area contributed by atoms with Gasteiger partial charge in [0.25, 0.3) is 0 Å². The summed E-state index contributed by atoms with van der Waals surface area (Å²) < 4.78 is 0. The van der Waals surface area contributed by atoms with E-state index in [0.717, 1.165) is 11.2 Å². The van der Waals surface area contributed by atoms with Crippen LogP contribution in [0.2, 0.25) is 0 Å². The van der Waals surface area contributed by atoms with Crippen molar-refractivity contribution >= 4 is 13.3 Å². The van der Waals surface area contributed by atoms with Crippen LogP contribution in [0.15, 0.2) is 12.3 Å². The normalized spacial score (nSPS) is 9.29. The number of H-pyrrole nitrogens is 1. The summed E-state index contributed by atoms with van der Waals surface area (Å²) in [7, 11) is 5.35. The van der Waals surface area contributed by atoms with Crippen LogP contribution in [0.4, 0.5) is 0 Å². The minimum Gasteiger partial charge on any atom is -0.366 e. The number of aryl methyl sites for hydroxylation is 1. The molecule has 0 saturated heterocycles. The van der Waals surface area contributed by atoms with Crippen LogP contribution in [0.5, 0.6) is 0 Å². The molecule has 0 aliphatic carbocycles. The van der Waals surface area contributed by atoms with Crippen molar-refractivity contribution in [1.29, 1.82) is 0 Å². The Labute approximate surface area is 44.2 Å². The quantitative estimate of drug-likeness (QED) is 0.436. The molecule has 1 heterocycles. The third-order valence-electron chi connectivity index (χ3n) is 0.850.